The summed E-state index contributed by atoms with van der Waals surface area (Å²) in [4.78, 5) is 0. The molecule has 6 heteroatoms. The van der Waals surface area contributed by atoms with Gasteiger partial charge in [0.15, 0.2) is 0 Å². The summed E-state index contributed by atoms with van der Waals surface area (Å²) in [6.07, 6.45) is 2.48. The van der Waals surface area contributed by atoms with Crippen LogP contribution in [0.4, 0.5) is 0 Å². The van der Waals surface area contributed by atoms with Crippen molar-refractivity contribution < 1.29 is 0 Å². The van der Waals surface area contributed by atoms with E-state index in [9.17, 15) is 0 Å². The Morgan fingerprint density at radius 2 is 0.727 bits per heavy atom. The average Bonchev–Trinajstić information content (AvgIpc) is 2.15. The number of hydrogen-bond acceptors (Lipinski definition) is 6. The lowest BCUT2D eigenvalue weighted by Crippen LogP contribution is -2.22. The summed E-state index contributed by atoms with van der Waals surface area (Å²) in [6, 6.07) is 0. The van der Waals surface area contributed by atoms with Gasteiger partial charge in [-0.05, 0) is 90.7 Å². The molecular weight excluding hydrogens is 385 g/mol. The van der Waals surface area contributed by atoms with Crippen LogP contribution in [0.15, 0.2) is 0 Å². The Morgan fingerprint density at radius 1 is 0.455 bits per heavy atom. The Morgan fingerprint density at radius 3 is 0.955 bits per heavy atom. The van der Waals surface area contributed by atoms with Gasteiger partial charge < -0.3 is 0 Å². The molecule has 0 nitrogen and oxygen atoms in total. The lowest BCUT2D eigenvalue weighted by Gasteiger charge is -2.31. The molecule has 0 rings (SSSR count). The van der Waals surface area contributed by atoms with E-state index in [1.54, 1.807) is 0 Å². The summed E-state index contributed by atoms with van der Waals surface area (Å²) in [7, 11) is 11.7. The predicted molar refractivity (Wildman–Crippen MR) is 122 cm³/mol. The van der Waals surface area contributed by atoms with Crippen molar-refractivity contribution in [1.82, 2.24) is 0 Å². The SMILES string of the molecule is CC(C)(C)CC(C)(C)SSSSSSC(C)(C)CC(C)(C)C. The zero-order valence-electron chi connectivity index (χ0n) is 15.9. The van der Waals surface area contributed by atoms with Crippen molar-refractivity contribution in [1.29, 1.82) is 0 Å². The van der Waals surface area contributed by atoms with Crippen LogP contribution in [0.1, 0.15) is 82.1 Å². The fourth-order valence-electron chi connectivity index (χ4n) is 2.85. The van der Waals surface area contributed by atoms with E-state index in [1.165, 1.54) is 12.8 Å². The Hall–Kier alpha value is 2.10. The highest BCUT2D eigenvalue weighted by Gasteiger charge is 2.28. The van der Waals surface area contributed by atoms with Gasteiger partial charge in [-0.2, -0.15) is 0 Å². The topological polar surface area (TPSA) is 0 Å². The summed E-state index contributed by atoms with van der Waals surface area (Å²) >= 11 is 0. The fraction of sp³-hybridized carbons (Fsp3) is 1.00. The third-order valence-corrected chi connectivity index (χ3v) is 14.8. The maximum atomic E-state index is 2.36. The highest BCUT2D eigenvalue weighted by molar-refractivity contribution is 9.42. The summed E-state index contributed by atoms with van der Waals surface area (Å²) in [6.45, 7) is 23.4. The highest BCUT2D eigenvalue weighted by Crippen LogP contribution is 2.58. The maximum Gasteiger partial charge on any atom is 0.0220 e. The monoisotopic (exact) mass is 418 g/mol. The van der Waals surface area contributed by atoms with Gasteiger partial charge in [-0.1, -0.05) is 63.1 Å². The van der Waals surface area contributed by atoms with Crippen LogP contribution in [0, 0.1) is 10.8 Å². The van der Waals surface area contributed by atoms with Gasteiger partial charge in [-0.15, -0.1) is 0 Å². The van der Waals surface area contributed by atoms with Gasteiger partial charge in [-0.25, -0.2) is 0 Å². The largest absolute Gasteiger partial charge is 0.0754 e. The molecule has 0 atom stereocenters. The van der Waals surface area contributed by atoms with Crippen molar-refractivity contribution in [3.63, 3.8) is 0 Å². The fourth-order valence-corrected chi connectivity index (χ4v) is 16.7. The molecule has 0 aromatic carbocycles. The second-order valence-corrected chi connectivity index (χ2v) is 20.1. The van der Waals surface area contributed by atoms with Crippen LogP contribution in [0.3, 0.4) is 0 Å². The molecule has 0 saturated carbocycles. The molecule has 0 fully saturated rings. The van der Waals surface area contributed by atoms with Crippen LogP contribution < -0.4 is 0 Å². The minimum absolute atomic E-state index is 0.333. The first-order valence-electron chi connectivity index (χ1n) is 7.66. The first-order valence-corrected chi connectivity index (χ1v) is 15.1. The maximum absolute atomic E-state index is 2.36. The highest BCUT2D eigenvalue weighted by atomic mass is 33.9. The summed E-state index contributed by atoms with van der Waals surface area (Å²) in [5.74, 6) is 0. The van der Waals surface area contributed by atoms with Gasteiger partial charge in [0.25, 0.3) is 0 Å². The van der Waals surface area contributed by atoms with E-state index in [0.717, 1.165) is 0 Å². The molecule has 0 amide bonds. The molecule has 0 N–H and O–H groups in total. The molecular formula is C16H34S6. The molecule has 0 unspecified atom stereocenters. The summed E-state index contributed by atoms with van der Waals surface area (Å²) < 4.78 is 0.666. The lowest BCUT2D eigenvalue weighted by molar-refractivity contribution is 0.340. The average molecular weight is 419 g/mol. The quantitative estimate of drug-likeness (QED) is 0.268. The van der Waals surface area contributed by atoms with Gasteiger partial charge in [0, 0.05) is 9.49 Å². The predicted octanol–water partition coefficient (Wildman–Crippen LogP) is 9.39. The molecule has 0 spiro atoms. The van der Waals surface area contributed by atoms with E-state index in [-0.39, 0.29) is 0 Å². The summed E-state index contributed by atoms with van der Waals surface area (Å²) in [5.41, 5.74) is 0.799. The molecule has 0 heterocycles. The lowest BCUT2D eigenvalue weighted by atomic mass is 9.86. The first kappa shape index (κ1) is 24.1. The van der Waals surface area contributed by atoms with Crippen molar-refractivity contribution in [2.75, 3.05) is 0 Å². The van der Waals surface area contributed by atoms with Crippen molar-refractivity contribution in [3.05, 3.63) is 0 Å². The number of hydrogen-bond donors (Lipinski definition) is 0. The van der Waals surface area contributed by atoms with Crippen LogP contribution in [0.2, 0.25) is 0 Å². The van der Waals surface area contributed by atoms with Crippen LogP contribution in [0.25, 0.3) is 0 Å². The third kappa shape index (κ3) is 15.6. The minimum atomic E-state index is 0.333. The Balaban J connectivity index is 3.86. The molecule has 0 aromatic rings. The van der Waals surface area contributed by atoms with E-state index in [0.29, 0.717) is 20.3 Å². The van der Waals surface area contributed by atoms with Crippen LogP contribution in [-0.2, 0) is 0 Å². The van der Waals surface area contributed by atoms with Crippen molar-refractivity contribution in [2.24, 2.45) is 10.8 Å². The third-order valence-electron chi connectivity index (χ3n) is 2.51. The van der Waals surface area contributed by atoms with Crippen LogP contribution >= 0.6 is 60.9 Å². The second-order valence-electron chi connectivity index (χ2n) is 9.43. The second kappa shape index (κ2) is 9.70. The number of rotatable bonds is 9. The first-order chi connectivity index (χ1) is 9.62. The zero-order chi connectivity index (χ0) is 17.7. The summed E-state index contributed by atoms with van der Waals surface area (Å²) in [5, 5.41) is 0. The van der Waals surface area contributed by atoms with Gasteiger partial charge in [0.1, 0.15) is 0 Å². The molecule has 0 aliphatic heterocycles. The van der Waals surface area contributed by atoms with E-state index in [2.05, 4.69) is 69.2 Å². The molecule has 0 aliphatic carbocycles. The van der Waals surface area contributed by atoms with Gasteiger partial charge >= 0.3 is 0 Å². The Kier molecular flexibility index (Phi) is 10.6. The Bertz CT molecular complexity index is 280. The standard InChI is InChI=1S/C16H34S6/c1-13(2,3)11-15(7,8)17-19-21-22-20-18-16(9,10)12-14(4,5)6/h11-12H2,1-10H3. The van der Waals surface area contributed by atoms with Crippen molar-refractivity contribution >= 4 is 60.9 Å². The smallest absolute Gasteiger partial charge is 0.0220 e. The minimum Gasteiger partial charge on any atom is -0.0754 e. The van der Waals surface area contributed by atoms with E-state index >= 15 is 0 Å². The molecule has 0 radical (unpaired) electrons. The van der Waals surface area contributed by atoms with Gasteiger partial charge in [-0.3, -0.25) is 0 Å². The van der Waals surface area contributed by atoms with Crippen molar-refractivity contribution in [3.8, 4) is 0 Å². The molecule has 134 valence electrons. The van der Waals surface area contributed by atoms with Crippen molar-refractivity contribution in [2.45, 2.75) is 91.6 Å². The molecule has 0 aliphatic rings. The van der Waals surface area contributed by atoms with E-state index in [4.69, 9.17) is 0 Å². The Labute approximate surface area is 162 Å². The van der Waals surface area contributed by atoms with Gasteiger partial charge in [0.2, 0.25) is 0 Å². The molecule has 0 saturated heterocycles. The van der Waals surface area contributed by atoms with E-state index in [1.807, 2.05) is 60.9 Å². The molecule has 22 heavy (non-hydrogen) atoms. The molecule has 0 aromatic heterocycles. The molecule has 0 bridgehead atoms. The van der Waals surface area contributed by atoms with Crippen LogP contribution in [-0.4, -0.2) is 9.49 Å². The normalized spacial score (nSPS) is 14.5. The van der Waals surface area contributed by atoms with Crippen LogP contribution in [0.5, 0.6) is 0 Å². The zero-order valence-corrected chi connectivity index (χ0v) is 20.8. The van der Waals surface area contributed by atoms with Gasteiger partial charge in [0.05, 0.1) is 0 Å². The van der Waals surface area contributed by atoms with E-state index < -0.39 is 0 Å².